The first-order chi connectivity index (χ1) is 18.9. The highest BCUT2D eigenvalue weighted by Crippen LogP contribution is 2.33. The van der Waals surface area contributed by atoms with E-state index in [-0.39, 0.29) is 5.92 Å². The lowest BCUT2D eigenvalue weighted by Crippen LogP contribution is -2.24. The molecular formula is C28H25FN8O2. The van der Waals surface area contributed by atoms with Crippen LogP contribution in [0.4, 0.5) is 10.1 Å². The van der Waals surface area contributed by atoms with Crippen LogP contribution in [0.5, 0.6) is 5.75 Å². The van der Waals surface area contributed by atoms with Gasteiger partial charge in [-0.15, -0.1) is 0 Å². The van der Waals surface area contributed by atoms with Gasteiger partial charge in [-0.05, 0) is 41.8 Å². The van der Waals surface area contributed by atoms with E-state index in [0.717, 1.165) is 22.1 Å². The molecule has 0 saturated carbocycles. The molecule has 0 saturated heterocycles. The van der Waals surface area contributed by atoms with Crippen molar-refractivity contribution in [3.05, 3.63) is 67.0 Å². The Hall–Kier alpha value is -4.90. The second-order valence-corrected chi connectivity index (χ2v) is 9.51. The standard InChI is InChI=1S/C28H25FN8O2/c1-14(2)28(38)33-19-7-16(11-30-13-19)17-9-22-24(36-37-25(22)32-12-17)27-34-23-21(4-5-31-26(23)35-27)15-6-18(29)10-20(8-15)39-3/h4-14,28,33,38H,1-3H3,(H,31,34,35)(H,32,36,37). The SMILES string of the molecule is COc1cc(F)cc(-c2ccnc3nc(-c4[nH]nc5ncc(-c6cncc(NC(O)C(C)C)c6)cc45)[nH]c23)c1. The number of fused-ring (bicyclic) bond motifs is 2. The van der Waals surface area contributed by atoms with Crippen molar-refractivity contribution in [3.63, 3.8) is 0 Å². The maximum atomic E-state index is 14.2. The molecule has 1 unspecified atom stereocenters. The van der Waals surface area contributed by atoms with E-state index in [1.165, 1.54) is 19.2 Å². The molecule has 0 fully saturated rings. The summed E-state index contributed by atoms with van der Waals surface area (Å²) in [6.45, 7) is 3.86. The van der Waals surface area contributed by atoms with Gasteiger partial charge in [-0.25, -0.2) is 19.3 Å². The fourth-order valence-corrected chi connectivity index (χ4v) is 4.36. The Morgan fingerprint density at radius 1 is 0.974 bits per heavy atom. The predicted molar refractivity (Wildman–Crippen MR) is 146 cm³/mol. The van der Waals surface area contributed by atoms with E-state index in [2.05, 4.69) is 40.4 Å². The van der Waals surface area contributed by atoms with Crippen LogP contribution in [0.1, 0.15) is 13.8 Å². The molecular weight excluding hydrogens is 499 g/mol. The monoisotopic (exact) mass is 524 g/mol. The number of aliphatic hydroxyl groups is 1. The smallest absolute Gasteiger partial charge is 0.181 e. The van der Waals surface area contributed by atoms with Crippen LogP contribution in [0.25, 0.3) is 56.0 Å². The summed E-state index contributed by atoms with van der Waals surface area (Å²) in [6.07, 6.45) is 6.07. The Balaban J connectivity index is 1.41. The van der Waals surface area contributed by atoms with Crippen molar-refractivity contribution in [2.75, 3.05) is 12.4 Å². The molecule has 1 aromatic carbocycles. The Morgan fingerprint density at radius 3 is 2.64 bits per heavy atom. The van der Waals surface area contributed by atoms with E-state index >= 15 is 0 Å². The number of rotatable bonds is 7. The highest BCUT2D eigenvalue weighted by atomic mass is 19.1. The van der Waals surface area contributed by atoms with Gasteiger partial charge in [0.15, 0.2) is 17.1 Å². The maximum Gasteiger partial charge on any atom is 0.181 e. The van der Waals surface area contributed by atoms with E-state index in [1.807, 2.05) is 26.0 Å². The van der Waals surface area contributed by atoms with Crippen LogP contribution in [0.15, 0.2) is 61.2 Å². The molecule has 0 aliphatic carbocycles. The van der Waals surface area contributed by atoms with Crippen LogP contribution in [-0.4, -0.2) is 53.6 Å². The number of aromatic amines is 2. The van der Waals surface area contributed by atoms with Gasteiger partial charge in [0, 0.05) is 41.3 Å². The Kier molecular flexibility index (Phi) is 6.12. The van der Waals surface area contributed by atoms with Crippen LogP contribution in [0.2, 0.25) is 0 Å². The summed E-state index contributed by atoms with van der Waals surface area (Å²) >= 11 is 0. The summed E-state index contributed by atoms with van der Waals surface area (Å²) in [4.78, 5) is 21.2. The number of hydrogen-bond acceptors (Lipinski definition) is 8. The molecule has 196 valence electrons. The zero-order valence-corrected chi connectivity index (χ0v) is 21.4. The van der Waals surface area contributed by atoms with E-state index in [1.54, 1.807) is 36.9 Å². The molecule has 0 aliphatic heterocycles. The van der Waals surface area contributed by atoms with Gasteiger partial charge in [-0.2, -0.15) is 5.10 Å². The number of imidazole rings is 1. The number of pyridine rings is 3. The number of anilines is 1. The van der Waals surface area contributed by atoms with Crippen molar-refractivity contribution >= 4 is 27.9 Å². The molecule has 0 radical (unpaired) electrons. The number of halogens is 1. The zero-order valence-electron chi connectivity index (χ0n) is 21.4. The van der Waals surface area contributed by atoms with Gasteiger partial charge in [-0.3, -0.25) is 10.1 Å². The van der Waals surface area contributed by atoms with Crippen molar-refractivity contribution < 1.29 is 14.2 Å². The first-order valence-corrected chi connectivity index (χ1v) is 12.3. The van der Waals surface area contributed by atoms with Crippen LogP contribution >= 0.6 is 0 Å². The third-order valence-corrected chi connectivity index (χ3v) is 6.47. The summed E-state index contributed by atoms with van der Waals surface area (Å²) in [6, 6.07) is 10.2. The molecule has 5 aromatic heterocycles. The third kappa shape index (κ3) is 4.64. The second kappa shape index (κ2) is 9.76. The molecule has 0 spiro atoms. The lowest BCUT2D eigenvalue weighted by atomic mass is 10.1. The molecule has 4 N–H and O–H groups in total. The molecule has 1 atom stereocenters. The highest BCUT2D eigenvalue weighted by Gasteiger charge is 2.18. The van der Waals surface area contributed by atoms with Gasteiger partial charge < -0.3 is 20.1 Å². The lowest BCUT2D eigenvalue weighted by molar-refractivity contribution is 0.153. The van der Waals surface area contributed by atoms with Crippen molar-refractivity contribution in [1.82, 2.24) is 35.1 Å². The van der Waals surface area contributed by atoms with E-state index in [9.17, 15) is 9.50 Å². The fraction of sp³-hybridized carbons (Fsp3) is 0.179. The van der Waals surface area contributed by atoms with E-state index in [0.29, 0.717) is 45.3 Å². The molecule has 0 bridgehead atoms. The number of H-pyrrole nitrogens is 2. The fourth-order valence-electron chi connectivity index (χ4n) is 4.36. The molecule has 10 nitrogen and oxygen atoms in total. The summed E-state index contributed by atoms with van der Waals surface area (Å²) in [7, 11) is 1.50. The van der Waals surface area contributed by atoms with Gasteiger partial charge in [-0.1, -0.05) is 13.8 Å². The molecule has 5 heterocycles. The average Bonchev–Trinajstić information content (AvgIpc) is 3.56. The Bertz CT molecular complexity index is 1810. The minimum absolute atomic E-state index is 0.0434. The van der Waals surface area contributed by atoms with Gasteiger partial charge in [0.1, 0.15) is 23.5 Å². The molecule has 6 aromatic rings. The number of aromatic nitrogens is 7. The van der Waals surface area contributed by atoms with E-state index < -0.39 is 12.0 Å². The summed E-state index contributed by atoms with van der Waals surface area (Å²) in [5.41, 5.74) is 6.00. The molecule has 0 amide bonds. The van der Waals surface area contributed by atoms with E-state index in [4.69, 9.17) is 4.74 Å². The van der Waals surface area contributed by atoms with Gasteiger partial charge in [0.2, 0.25) is 0 Å². The number of nitrogens with zero attached hydrogens (tertiary/aromatic N) is 5. The third-order valence-electron chi connectivity index (χ3n) is 6.47. The van der Waals surface area contributed by atoms with Crippen molar-refractivity contribution in [2.24, 2.45) is 5.92 Å². The topological polar surface area (TPSA) is 138 Å². The van der Waals surface area contributed by atoms with Crippen LogP contribution in [0.3, 0.4) is 0 Å². The van der Waals surface area contributed by atoms with Gasteiger partial charge in [0.25, 0.3) is 0 Å². The lowest BCUT2D eigenvalue weighted by Gasteiger charge is -2.17. The molecule has 0 aliphatic rings. The van der Waals surface area contributed by atoms with Crippen LogP contribution < -0.4 is 10.1 Å². The normalized spacial score (nSPS) is 12.4. The van der Waals surface area contributed by atoms with Gasteiger partial charge >= 0.3 is 0 Å². The minimum Gasteiger partial charge on any atom is -0.497 e. The zero-order chi connectivity index (χ0) is 27.1. The number of methoxy groups -OCH3 is 1. The molecule has 11 heteroatoms. The molecule has 6 rings (SSSR count). The highest BCUT2D eigenvalue weighted by molar-refractivity contribution is 5.96. The summed E-state index contributed by atoms with van der Waals surface area (Å²) in [5, 5.41) is 21.4. The van der Waals surface area contributed by atoms with Crippen LogP contribution in [0, 0.1) is 11.7 Å². The Labute approximate surface area is 222 Å². The number of aliphatic hydroxyl groups excluding tert-OH is 1. The number of nitrogens with one attached hydrogen (secondary N) is 3. The largest absolute Gasteiger partial charge is 0.497 e. The summed E-state index contributed by atoms with van der Waals surface area (Å²) in [5.74, 6) is 0.574. The van der Waals surface area contributed by atoms with Crippen LogP contribution in [-0.2, 0) is 0 Å². The number of ether oxygens (including phenoxy) is 1. The average molecular weight is 525 g/mol. The first kappa shape index (κ1) is 24.4. The maximum absolute atomic E-state index is 14.2. The quantitative estimate of drug-likeness (QED) is 0.210. The minimum atomic E-state index is -0.691. The van der Waals surface area contributed by atoms with Crippen molar-refractivity contribution in [2.45, 2.75) is 20.1 Å². The Morgan fingerprint density at radius 2 is 1.82 bits per heavy atom. The molecule has 39 heavy (non-hydrogen) atoms. The second-order valence-electron chi connectivity index (χ2n) is 9.51. The predicted octanol–water partition coefficient (Wildman–Crippen LogP) is 5.16. The van der Waals surface area contributed by atoms with Gasteiger partial charge in [0.05, 0.1) is 29.9 Å². The summed E-state index contributed by atoms with van der Waals surface area (Å²) < 4.78 is 19.5. The number of benzene rings is 1. The number of hydrogen-bond donors (Lipinski definition) is 4. The van der Waals surface area contributed by atoms with Crippen molar-refractivity contribution in [3.8, 4) is 39.5 Å². The van der Waals surface area contributed by atoms with Crippen molar-refractivity contribution in [1.29, 1.82) is 0 Å². The first-order valence-electron chi connectivity index (χ1n) is 12.3.